The predicted octanol–water partition coefficient (Wildman–Crippen LogP) is 3.36. The number of aromatic nitrogens is 3. The van der Waals surface area contributed by atoms with Crippen LogP contribution >= 0.6 is 11.6 Å². The zero-order valence-electron chi connectivity index (χ0n) is 24.9. The van der Waals surface area contributed by atoms with E-state index in [1.807, 2.05) is 4.90 Å². The van der Waals surface area contributed by atoms with E-state index < -0.39 is 52.9 Å². The molecule has 3 aliphatic heterocycles. The third-order valence-electron chi connectivity index (χ3n) is 9.14. The number of imide groups is 2. The number of anilines is 2. The number of amides is 5. The van der Waals surface area contributed by atoms with Crippen molar-refractivity contribution in [2.24, 2.45) is 5.92 Å². The Labute approximate surface area is 275 Å². The van der Waals surface area contributed by atoms with E-state index in [-0.39, 0.29) is 46.4 Å². The smallest absolute Gasteiger partial charge is 0.369 e. The van der Waals surface area contributed by atoms with Crippen molar-refractivity contribution in [2.75, 3.05) is 23.3 Å². The lowest BCUT2D eigenvalue weighted by Gasteiger charge is -2.39. The molecular formula is C32H25ClF3N7O5. The standard InChI is InChI=1S/C32H25ClF3N7O5/c33-22-12-18(32(34,35)36)3-6-23(22)38-30(48)31(10-1-11-31)42-16-37-25(40-42)8-2-17-14-41(15-17)19-4-5-20-21(13-19)29(47)43(28(20)46)24-7-9-26(44)39-27(24)45/h3-6,12-13,16-17,24H,1,7,9-11,14-15H2,(H,38,48)(H,39,44,45). The van der Waals surface area contributed by atoms with Crippen LogP contribution in [0.3, 0.4) is 0 Å². The summed E-state index contributed by atoms with van der Waals surface area (Å²) in [6.45, 7) is 1.07. The van der Waals surface area contributed by atoms with E-state index in [0.29, 0.717) is 31.6 Å². The summed E-state index contributed by atoms with van der Waals surface area (Å²) in [7, 11) is 0. The Kier molecular flexibility index (Phi) is 7.50. The molecule has 7 rings (SSSR count). The molecule has 4 heterocycles. The molecule has 1 unspecified atom stereocenters. The first-order chi connectivity index (χ1) is 22.8. The molecule has 12 nitrogen and oxygen atoms in total. The number of rotatable bonds is 5. The largest absolute Gasteiger partial charge is 0.416 e. The van der Waals surface area contributed by atoms with Gasteiger partial charge in [-0.3, -0.25) is 34.2 Å². The number of hydrogen-bond acceptors (Lipinski definition) is 8. The minimum atomic E-state index is -4.57. The summed E-state index contributed by atoms with van der Waals surface area (Å²) >= 11 is 6.04. The molecule has 5 amide bonds. The SMILES string of the molecule is O=C1CCC(N2C(=O)c3ccc(N4CC(C#Cc5ncn(C6(C(=O)Nc7ccc(C(F)(F)F)cc7Cl)CCC6)n5)C4)cc3C2=O)C(=O)N1. The average molecular weight is 680 g/mol. The normalized spacial score (nSPS) is 20.4. The fraction of sp³-hybridized carbons (Fsp3) is 0.344. The Balaban J connectivity index is 0.984. The highest BCUT2D eigenvalue weighted by atomic mass is 35.5. The van der Waals surface area contributed by atoms with E-state index in [2.05, 4.69) is 32.6 Å². The van der Waals surface area contributed by atoms with Crippen LogP contribution in [0, 0.1) is 17.8 Å². The van der Waals surface area contributed by atoms with Crippen LogP contribution in [-0.2, 0) is 26.1 Å². The van der Waals surface area contributed by atoms with Crippen LogP contribution in [0.1, 0.15) is 64.2 Å². The fourth-order valence-electron chi connectivity index (χ4n) is 6.23. The van der Waals surface area contributed by atoms with Crippen molar-refractivity contribution in [1.82, 2.24) is 25.0 Å². The first-order valence-electron chi connectivity index (χ1n) is 15.1. The zero-order chi connectivity index (χ0) is 34.0. The summed E-state index contributed by atoms with van der Waals surface area (Å²) < 4.78 is 40.5. The molecule has 1 aliphatic carbocycles. The van der Waals surface area contributed by atoms with Gasteiger partial charge in [-0.1, -0.05) is 17.5 Å². The van der Waals surface area contributed by atoms with Crippen LogP contribution in [0.5, 0.6) is 0 Å². The first-order valence-corrected chi connectivity index (χ1v) is 15.4. The molecule has 0 radical (unpaired) electrons. The number of piperidine rings is 1. The molecule has 2 aromatic carbocycles. The van der Waals surface area contributed by atoms with Gasteiger partial charge in [-0.15, -0.1) is 5.10 Å². The highest BCUT2D eigenvalue weighted by Crippen LogP contribution is 2.41. The topological polar surface area (TPSA) is 147 Å². The summed E-state index contributed by atoms with van der Waals surface area (Å²) in [5, 5.41) is 8.98. The van der Waals surface area contributed by atoms with E-state index >= 15 is 0 Å². The Morgan fingerprint density at radius 2 is 1.79 bits per heavy atom. The Morgan fingerprint density at radius 3 is 2.46 bits per heavy atom. The molecule has 4 aliphatic rings. The number of nitrogens with one attached hydrogen (secondary N) is 2. The maximum atomic E-state index is 13.3. The van der Waals surface area contributed by atoms with Crippen molar-refractivity contribution in [2.45, 2.75) is 49.9 Å². The quantitative estimate of drug-likeness (QED) is 0.309. The lowest BCUT2D eigenvalue weighted by molar-refractivity contribution is -0.138. The van der Waals surface area contributed by atoms with E-state index in [1.54, 1.807) is 18.2 Å². The van der Waals surface area contributed by atoms with Gasteiger partial charge in [0, 0.05) is 25.2 Å². The summed E-state index contributed by atoms with van der Waals surface area (Å²) in [6.07, 6.45) is -1.40. The number of benzene rings is 2. The molecule has 3 aromatic rings. The predicted molar refractivity (Wildman–Crippen MR) is 163 cm³/mol. The van der Waals surface area contributed by atoms with Crippen molar-refractivity contribution in [3.05, 3.63) is 70.3 Å². The second-order valence-electron chi connectivity index (χ2n) is 12.1. The summed E-state index contributed by atoms with van der Waals surface area (Å²) in [6, 6.07) is 6.60. The van der Waals surface area contributed by atoms with Gasteiger partial charge in [0.2, 0.25) is 17.6 Å². The van der Waals surface area contributed by atoms with E-state index in [4.69, 9.17) is 11.6 Å². The van der Waals surface area contributed by atoms with Crippen LogP contribution < -0.4 is 15.5 Å². The number of nitrogens with zero attached hydrogens (tertiary/aromatic N) is 5. The van der Waals surface area contributed by atoms with Gasteiger partial charge < -0.3 is 10.2 Å². The third-order valence-corrected chi connectivity index (χ3v) is 9.45. The van der Waals surface area contributed by atoms with Crippen LogP contribution in [0.15, 0.2) is 42.7 Å². The minimum Gasteiger partial charge on any atom is -0.369 e. The second-order valence-corrected chi connectivity index (χ2v) is 12.5. The van der Waals surface area contributed by atoms with Crippen molar-refractivity contribution in [3.8, 4) is 11.8 Å². The molecule has 16 heteroatoms. The van der Waals surface area contributed by atoms with Gasteiger partial charge in [-0.2, -0.15) is 13.2 Å². The van der Waals surface area contributed by atoms with Crippen LogP contribution in [0.2, 0.25) is 5.02 Å². The lowest BCUT2D eigenvalue weighted by Crippen LogP contribution is -2.54. The van der Waals surface area contributed by atoms with Gasteiger partial charge >= 0.3 is 6.18 Å². The molecule has 246 valence electrons. The average Bonchev–Trinajstić information content (AvgIpc) is 3.55. The van der Waals surface area contributed by atoms with E-state index in [0.717, 1.165) is 29.5 Å². The molecule has 1 saturated carbocycles. The van der Waals surface area contributed by atoms with E-state index in [1.165, 1.54) is 11.0 Å². The number of carbonyl (C=O) groups excluding carboxylic acids is 5. The van der Waals surface area contributed by atoms with Crippen molar-refractivity contribution < 1.29 is 37.1 Å². The molecule has 48 heavy (non-hydrogen) atoms. The van der Waals surface area contributed by atoms with Gasteiger partial charge in [-0.05, 0) is 68.0 Å². The summed E-state index contributed by atoms with van der Waals surface area (Å²) in [4.78, 5) is 70.4. The van der Waals surface area contributed by atoms with Crippen molar-refractivity contribution in [3.63, 3.8) is 0 Å². The fourth-order valence-corrected chi connectivity index (χ4v) is 6.46. The number of hydrogen-bond donors (Lipinski definition) is 2. The second kappa shape index (κ2) is 11.5. The van der Waals surface area contributed by atoms with Gasteiger partial charge in [0.15, 0.2) is 0 Å². The van der Waals surface area contributed by atoms with Gasteiger partial charge in [-0.25, -0.2) is 9.67 Å². The molecule has 2 N–H and O–H groups in total. The highest BCUT2D eigenvalue weighted by Gasteiger charge is 2.48. The summed E-state index contributed by atoms with van der Waals surface area (Å²) in [5.41, 5.74) is -0.830. The monoisotopic (exact) mass is 679 g/mol. The molecular weight excluding hydrogens is 655 g/mol. The van der Waals surface area contributed by atoms with Gasteiger partial charge in [0.05, 0.1) is 33.3 Å². The molecule has 0 spiro atoms. The molecule has 1 aromatic heterocycles. The minimum absolute atomic E-state index is 0.0401. The van der Waals surface area contributed by atoms with Crippen LogP contribution in [0.4, 0.5) is 24.5 Å². The molecule has 3 fully saturated rings. The lowest BCUT2D eigenvalue weighted by atomic mass is 9.76. The number of alkyl halides is 3. The van der Waals surface area contributed by atoms with Crippen molar-refractivity contribution in [1.29, 1.82) is 0 Å². The first kappa shape index (κ1) is 31.4. The maximum Gasteiger partial charge on any atom is 0.416 e. The van der Waals surface area contributed by atoms with E-state index in [9.17, 15) is 37.1 Å². The molecule has 2 saturated heterocycles. The highest BCUT2D eigenvalue weighted by molar-refractivity contribution is 6.33. The number of halogens is 4. The van der Waals surface area contributed by atoms with Gasteiger partial charge in [0.25, 0.3) is 17.7 Å². The molecule has 0 bridgehead atoms. The zero-order valence-corrected chi connectivity index (χ0v) is 25.7. The van der Waals surface area contributed by atoms with Crippen LogP contribution in [0.25, 0.3) is 0 Å². The maximum absolute atomic E-state index is 13.3. The van der Waals surface area contributed by atoms with Crippen LogP contribution in [-0.4, -0.2) is 68.3 Å². The Morgan fingerprint density at radius 1 is 1.04 bits per heavy atom. The Bertz CT molecular complexity index is 1970. The Hall–Kier alpha value is -5.23. The number of carbonyl (C=O) groups is 5. The van der Waals surface area contributed by atoms with Crippen molar-refractivity contribution >= 4 is 52.5 Å². The summed E-state index contributed by atoms with van der Waals surface area (Å²) in [5.74, 6) is 3.48. The van der Waals surface area contributed by atoms with Gasteiger partial charge in [0.1, 0.15) is 17.9 Å². The third kappa shape index (κ3) is 5.35. The number of fused-ring (bicyclic) bond motifs is 1. The molecule has 1 atom stereocenters.